The van der Waals surface area contributed by atoms with Crippen LogP contribution in [0.2, 0.25) is 0 Å². The van der Waals surface area contributed by atoms with Crippen molar-refractivity contribution in [2.24, 2.45) is 0 Å². The largest absolute Gasteiger partial charge is 0.477 e. The van der Waals surface area contributed by atoms with Crippen LogP contribution in [0.4, 0.5) is 0 Å². The lowest BCUT2D eigenvalue weighted by Crippen LogP contribution is -2.03. The van der Waals surface area contributed by atoms with E-state index in [2.05, 4.69) is 4.98 Å². The first-order chi connectivity index (χ1) is 7.22. The number of rotatable bonds is 3. The molecule has 2 rings (SSSR count). The summed E-state index contributed by atoms with van der Waals surface area (Å²) in [7, 11) is 0. The SMILES string of the molecule is O=C(O)c1cccc2nc(CCO)cn12. The van der Waals surface area contributed by atoms with Gasteiger partial charge in [-0.1, -0.05) is 6.07 Å². The van der Waals surface area contributed by atoms with Gasteiger partial charge in [-0.3, -0.25) is 4.40 Å². The Morgan fingerprint density at radius 1 is 1.47 bits per heavy atom. The Kier molecular flexibility index (Phi) is 2.39. The molecular weight excluding hydrogens is 196 g/mol. The van der Waals surface area contributed by atoms with Crippen LogP contribution in [0.1, 0.15) is 16.2 Å². The second kappa shape index (κ2) is 3.70. The Morgan fingerprint density at radius 2 is 2.27 bits per heavy atom. The molecule has 2 N–H and O–H groups in total. The molecule has 2 aromatic heterocycles. The van der Waals surface area contributed by atoms with Crippen molar-refractivity contribution in [2.75, 3.05) is 6.61 Å². The van der Waals surface area contributed by atoms with Gasteiger partial charge in [0.15, 0.2) is 0 Å². The van der Waals surface area contributed by atoms with E-state index in [-0.39, 0.29) is 12.3 Å². The van der Waals surface area contributed by atoms with Crippen molar-refractivity contribution < 1.29 is 15.0 Å². The van der Waals surface area contributed by atoms with Gasteiger partial charge in [0, 0.05) is 19.2 Å². The Hall–Kier alpha value is -1.88. The van der Waals surface area contributed by atoms with Gasteiger partial charge in [0.25, 0.3) is 0 Å². The van der Waals surface area contributed by atoms with Crippen LogP contribution in [0.5, 0.6) is 0 Å². The number of hydrogen-bond acceptors (Lipinski definition) is 3. The van der Waals surface area contributed by atoms with E-state index >= 15 is 0 Å². The number of carboxylic acids is 1. The van der Waals surface area contributed by atoms with Crippen molar-refractivity contribution in [1.29, 1.82) is 0 Å². The van der Waals surface area contributed by atoms with Crippen LogP contribution in [-0.4, -0.2) is 32.2 Å². The summed E-state index contributed by atoms with van der Waals surface area (Å²) in [5.41, 5.74) is 1.44. The zero-order chi connectivity index (χ0) is 10.8. The fraction of sp³-hybridized carbons (Fsp3) is 0.200. The second-order valence-corrected chi connectivity index (χ2v) is 3.15. The van der Waals surface area contributed by atoms with Crippen molar-refractivity contribution in [1.82, 2.24) is 9.38 Å². The fourth-order valence-electron chi connectivity index (χ4n) is 1.47. The number of imidazole rings is 1. The molecule has 2 aromatic rings. The highest BCUT2D eigenvalue weighted by atomic mass is 16.4. The topological polar surface area (TPSA) is 74.8 Å². The molecule has 15 heavy (non-hydrogen) atoms. The number of aromatic carboxylic acids is 1. The highest BCUT2D eigenvalue weighted by molar-refractivity contribution is 5.86. The molecule has 0 saturated carbocycles. The van der Waals surface area contributed by atoms with Crippen LogP contribution in [-0.2, 0) is 6.42 Å². The molecule has 0 spiro atoms. The van der Waals surface area contributed by atoms with Gasteiger partial charge >= 0.3 is 5.97 Å². The summed E-state index contributed by atoms with van der Waals surface area (Å²) in [4.78, 5) is 15.1. The minimum atomic E-state index is -0.992. The Labute approximate surface area is 85.6 Å². The van der Waals surface area contributed by atoms with Crippen LogP contribution < -0.4 is 0 Å². The Morgan fingerprint density at radius 3 is 2.93 bits per heavy atom. The number of aliphatic hydroxyl groups is 1. The first-order valence-corrected chi connectivity index (χ1v) is 4.53. The molecule has 0 fully saturated rings. The average Bonchev–Trinajstić information content (AvgIpc) is 2.59. The number of aromatic nitrogens is 2. The van der Waals surface area contributed by atoms with Gasteiger partial charge in [-0.2, -0.15) is 0 Å². The van der Waals surface area contributed by atoms with Gasteiger partial charge in [0.2, 0.25) is 0 Å². The Balaban J connectivity index is 2.59. The molecule has 0 aliphatic rings. The normalized spacial score (nSPS) is 10.7. The molecule has 0 aliphatic heterocycles. The molecule has 5 heteroatoms. The van der Waals surface area contributed by atoms with Crippen molar-refractivity contribution in [3.8, 4) is 0 Å². The van der Waals surface area contributed by atoms with Crippen molar-refractivity contribution >= 4 is 11.6 Å². The molecule has 0 aromatic carbocycles. The molecule has 78 valence electrons. The predicted molar refractivity (Wildman–Crippen MR) is 52.9 cm³/mol. The monoisotopic (exact) mass is 206 g/mol. The Bertz CT molecular complexity index is 504. The minimum Gasteiger partial charge on any atom is -0.477 e. The summed E-state index contributed by atoms with van der Waals surface area (Å²) >= 11 is 0. The van der Waals surface area contributed by atoms with Crippen molar-refractivity contribution in [3.05, 3.63) is 35.8 Å². The average molecular weight is 206 g/mol. The molecule has 2 heterocycles. The predicted octanol–water partition coefficient (Wildman–Crippen LogP) is 0.567. The number of pyridine rings is 1. The molecule has 0 unspecified atom stereocenters. The zero-order valence-electron chi connectivity index (χ0n) is 7.92. The minimum absolute atomic E-state index is 0.00624. The third kappa shape index (κ3) is 1.69. The van der Waals surface area contributed by atoms with Gasteiger partial charge in [-0.25, -0.2) is 9.78 Å². The molecular formula is C10H10N2O3. The van der Waals surface area contributed by atoms with E-state index in [1.807, 2.05) is 0 Å². The standard InChI is InChI=1S/C10H10N2O3/c13-5-4-7-6-12-8(10(14)15)2-1-3-9(12)11-7/h1-3,6,13H,4-5H2,(H,14,15). The fourth-order valence-corrected chi connectivity index (χ4v) is 1.47. The van der Waals surface area contributed by atoms with Gasteiger partial charge in [-0.15, -0.1) is 0 Å². The number of nitrogens with zero attached hydrogens (tertiary/aromatic N) is 2. The van der Waals surface area contributed by atoms with Crippen LogP contribution >= 0.6 is 0 Å². The lowest BCUT2D eigenvalue weighted by atomic mass is 10.3. The van der Waals surface area contributed by atoms with Gasteiger partial charge in [-0.05, 0) is 12.1 Å². The van der Waals surface area contributed by atoms with Crippen LogP contribution in [0, 0.1) is 0 Å². The number of aliphatic hydroxyl groups excluding tert-OH is 1. The van der Waals surface area contributed by atoms with Crippen molar-refractivity contribution in [2.45, 2.75) is 6.42 Å². The summed E-state index contributed by atoms with van der Waals surface area (Å²) in [6.07, 6.45) is 2.07. The molecule has 0 saturated heterocycles. The molecule has 5 nitrogen and oxygen atoms in total. The summed E-state index contributed by atoms with van der Waals surface area (Å²) in [6, 6.07) is 4.89. The highest BCUT2D eigenvalue weighted by Gasteiger charge is 2.09. The highest BCUT2D eigenvalue weighted by Crippen LogP contribution is 2.09. The van der Waals surface area contributed by atoms with E-state index in [9.17, 15) is 4.79 Å². The van der Waals surface area contributed by atoms with Gasteiger partial charge in [0.05, 0.1) is 5.69 Å². The van der Waals surface area contributed by atoms with E-state index in [1.165, 1.54) is 10.5 Å². The van der Waals surface area contributed by atoms with Crippen LogP contribution in [0.25, 0.3) is 5.65 Å². The lowest BCUT2D eigenvalue weighted by Gasteiger charge is -1.97. The summed E-state index contributed by atoms with van der Waals surface area (Å²) in [6.45, 7) is 0.00624. The third-order valence-corrected chi connectivity index (χ3v) is 2.13. The maximum absolute atomic E-state index is 10.9. The summed E-state index contributed by atoms with van der Waals surface area (Å²) < 4.78 is 1.51. The van der Waals surface area contributed by atoms with E-state index in [0.717, 1.165) is 0 Å². The summed E-state index contributed by atoms with van der Waals surface area (Å²) in [5.74, 6) is -0.992. The van der Waals surface area contributed by atoms with Crippen LogP contribution in [0.15, 0.2) is 24.4 Å². The smallest absolute Gasteiger partial charge is 0.352 e. The van der Waals surface area contributed by atoms with Gasteiger partial charge in [0.1, 0.15) is 11.3 Å². The molecule has 0 bridgehead atoms. The number of fused-ring (bicyclic) bond motifs is 1. The van der Waals surface area contributed by atoms with E-state index < -0.39 is 5.97 Å². The zero-order valence-corrected chi connectivity index (χ0v) is 7.92. The van der Waals surface area contributed by atoms with Crippen LogP contribution in [0.3, 0.4) is 0 Å². The molecule has 0 radical (unpaired) electrons. The maximum atomic E-state index is 10.9. The maximum Gasteiger partial charge on any atom is 0.352 e. The summed E-state index contributed by atoms with van der Waals surface area (Å²) in [5, 5.41) is 17.7. The lowest BCUT2D eigenvalue weighted by molar-refractivity contribution is 0.0689. The second-order valence-electron chi connectivity index (χ2n) is 3.15. The van der Waals surface area contributed by atoms with E-state index in [0.29, 0.717) is 17.8 Å². The van der Waals surface area contributed by atoms with Gasteiger partial charge < -0.3 is 10.2 Å². The quantitative estimate of drug-likeness (QED) is 0.769. The van der Waals surface area contributed by atoms with Crippen molar-refractivity contribution in [3.63, 3.8) is 0 Å². The van der Waals surface area contributed by atoms with E-state index in [4.69, 9.17) is 10.2 Å². The first kappa shape index (κ1) is 9.67. The first-order valence-electron chi connectivity index (χ1n) is 4.53. The molecule has 0 amide bonds. The molecule has 0 atom stereocenters. The number of carboxylic acid groups (broad SMARTS) is 1. The third-order valence-electron chi connectivity index (χ3n) is 2.13. The number of hydrogen-bond donors (Lipinski definition) is 2. The molecule has 0 aliphatic carbocycles. The number of carbonyl (C=O) groups is 1. The van der Waals surface area contributed by atoms with E-state index in [1.54, 1.807) is 18.3 Å².